The maximum absolute atomic E-state index is 13.0. The van der Waals surface area contributed by atoms with Gasteiger partial charge in [0.25, 0.3) is 0 Å². The number of anilines is 1. The SMILES string of the molecule is O=C(O)CN(CC(=O)O)CC(=O)Nc1ccc(-c2c3nc(c(-c4ccccc4)c4ccc([nH]4)c(-c4ccccc4)c4nc(c(-c5ccccc5)c5ccc2[nH]5)C=C4)C=C3)cc1. The zero-order valence-corrected chi connectivity index (χ0v) is 32.7. The Labute approximate surface area is 350 Å². The van der Waals surface area contributed by atoms with E-state index in [4.69, 9.17) is 9.97 Å². The molecule has 0 atom stereocenters. The van der Waals surface area contributed by atoms with Crippen LogP contribution < -0.4 is 5.32 Å². The average Bonchev–Trinajstić information content (AvgIpc) is 4.10. The lowest BCUT2D eigenvalue weighted by Gasteiger charge is -2.17. The Hall–Kier alpha value is -8.15. The number of aromatic amines is 2. The highest BCUT2D eigenvalue weighted by atomic mass is 16.4. The topological polar surface area (TPSA) is 164 Å². The lowest BCUT2D eigenvalue weighted by atomic mass is 10.0. The molecule has 9 rings (SSSR count). The molecule has 1 amide bonds. The van der Waals surface area contributed by atoms with E-state index in [0.29, 0.717) is 5.69 Å². The summed E-state index contributed by atoms with van der Waals surface area (Å²) >= 11 is 0. The van der Waals surface area contributed by atoms with Crippen LogP contribution in [0.4, 0.5) is 5.69 Å². The molecule has 298 valence electrons. The molecule has 0 saturated carbocycles. The van der Waals surface area contributed by atoms with Crippen LogP contribution in [0, 0.1) is 0 Å². The molecular formula is C50H38N6O5. The number of carboxylic acid groups (broad SMARTS) is 2. The van der Waals surface area contributed by atoms with Crippen molar-refractivity contribution in [1.29, 1.82) is 0 Å². The van der Waals surface area contributed by atoms with Crippen molar-refractivity contribution in [2.45, 2.75) is 0 Å². The monoisotopic (exact) mass is 802 g/mol. The fourth-order valence-corrected chi connectivity index (χ4v) is 7.91. The largest absolute Gasteiger partial charge is 0.480 e. The van der Waals surface area contributed by atoms with E-state index in [-0.39, 0.29) is 0 Å². The Morgan fingerprint density at radius 2 is 0.770 bits per heavy atom. The van der Waals surface area contributed by atoms with E-state index in [1.807, 2.05) is 84.9 Å². The van der Waals surface area contributed by atoms with Crippen molar-refractivity contribution >= 4 is 69.9 Å². The van der Waals surface area contributed by atoms with Crippen molar-refractivity contribution in [2.75, 3.05) is 25.0 Å². The molecule has 3 aromatic heterocycles. The maximum Gasteiger partial charge on any atom is 0.317 e. The highest BCUT2D eigenvalue weighted by Gasteiger charge is 2.20. The molecule has 0 fully saturated rings. The van der Waals surface area contributed by atoms with Gasteiger partial charge in [0.15, 0.2) is 0 Å². The molecule has 2 aliphatic heterocycles. The van der Waals surface area contributed by atoms with Crippen molar-refractivity contribution in [3.8, 4) is 44.5 Å². The molecule has 8 bridgehead atoms. The van der Waals surface area contributed by atoms with Crippen LogP contribution in [0.1, 0.15) is 22.8 Å². The first-order valence-corrected chi connectivity index (χ1v) is 19.7. The zero-order valence-electron chi connectivity index (χ0n) is 32.7. The van der Waals surface area contributed by atoms with E-state index < -0.39 is 37.5 Å². The second-order valence-corrected chi connectivity index (χ2v) is 14.7. The number of amides is 1. The number of nitrogens with zero attached hydrogens (tertiary/aromatic N) is 3. The summed E-state index contributed by atoms with van der Waals surface area (Å²) in [5, 5.41) is 21.2. The van der Waals surface area contributed by atoms with E-state index in [0.717, 1.165) is 94.3 Å². The molecule has 11 heteroatoms. The molecule has 0 unspecified atom stereocenters. The summed E-state index contributed by atoms with van der Waals surface area (Å²) in [6, 6.07) is 46.2. The summed E-state index contributed by atoms with van der Waals surface area (Å²) in [6.45, 7) is -1.58. The predicted octanol–water partition coefficient (Wildman–Crippen LogP) is 9.73. The summed E-state index contributed by atoms with van der Waals surface area (Å²) < 4.78 is 0. The molecule has 2 aliphatic rings. The Balaban J connectivity index is 1.27. The first-order chi connectivity index (χ1) is 29.8. The van der Waals surface area contributed by atoms with E-state index in [2.05, 4.69) is 82.0 Å². The van der Waals surface area contributed by atoms with Crippen LogP contribution >= 0.6 is 0 Å². The van der Waals surface area contributed by atoms with Gasteiger partial charge in [-0.3, -0.25) is 19.3 Å². The van der Waals surface area contributed by atoms with E-state index in [1.165, 1.54) is 0 Å². The van der Waals surface area contributed by atoms with Crippen LogP contribution in [0.5, 0.6) is 0 Å². The quantitative estimate of drug-likeness (QED) is 0.0863. The number of aliphatic carboxylic acids is 2. The molecule has 11 nitrogen and oxygen atoms in total. The van der Waals surface area contributed by atoms with Crippen molar-refractivity contribution in [1.82, 2.24) is 24.8 Å². The van der Waals surface area contributed by atoms with Crippen molar-refractivity contribution in [3.05, 3.63) is 162 Å². The number of hydrogen-bond acceptors (Lipinski definition) is 6. The van der Waals surface area contributed by atoms with Gasteiger partial charge in [0.2, 0.25) is 5.91 Å². The average molecular weight is 803 g/mol. The fourth-order valence-electron chi connectivity index (χ4n) is 7.91. The molecule has 61 heavy (non-hydrogen) atoms. The van der Waals surface area contributed by atoms with Gasteiger partial charge in [-0.1, -0.05) is 103 Å². The van der Waals surface area contributed by atoms with Gasteiger partial charge in [-0.15, -0.1) is 0 Å². The van der Waals surface area contributed by atoms with Gasteiger partial charge in [-0.25, -0.2) is 9.97 Å². The van der Waals surface area contributed by atoms with Crippen LogP contribution in [-0.2, 0) is 14.4 Å². The number of carbonyl (C=O) groups is 3. The summed E-state index contributed by atoms with van der Waals surface area (Å²) in [6.07, 6.45) is 8.18. The lowest BCUT2D eigenvalue weighted by Crippen LogP contribution is -2.40. The number of carboxylic acids is 2. The van der Waals surface area contributed by atoms with Crippen molar-refractivity contribution in [3.63, 3.8) is 0 Å². The van der Waals surface area contributed by atoms with Gasteiger partial charge in [-0.05, 0) is 83.0 Å². The van der Waals surface area contributed by atoms with Crippen molar-refractivity contribution in [2.24, 2.45) is 0 Å². The molecule has 5 heterocycles. The highest BCUT2D eigenvalue weighted by Crippen LogP contribution is 2.38. The van der Waals surface area contributed by atoms with Gasteiger partial charge in [-0.2, -0.15) is 0 Å². The Bertz CT molecular complexity index is 2990. The summed E-state index contributed by atoms with van der Waals surface area (Å²) in [4.78, 5) is 54.7. The number of nitrogens with one attached hydrogen (secondary N) is 3. The fraction of sp³-hybridized carbons (Fsp3) is 0.0600. The number of aromatic nitrogens is 4. The first-order valence-electron chi connectivity index (χ1n) is 19.7. The first kappa shape index (κ1) is 38.4. The molecule has 0 aliphatic carbocycles. The summed E-state index contributed by atoms with van der Waals surface area (Å²) in [5.41, 5.74) is 14.5. The van der Waals surface area contributed by atoms with Crippen LogP contribution in [0.25, 0.3) is 90.9 Å². The number of benzene rings is 4. The van der Waals surface area contributed by atoms with E-state index in [9.17, 15) is 24.6 Å². The number of carbonyl (C=O) groups excluding carboxylic acids is 1. The lowest BCUT2D eigenvalue weighted by molar-refractivity contribution is -0.142. The standard InChI is InChI=1S/C50H38N6O5/c57-44(28-56(29-45(58)59)30-46(60)61)51-35-18-16-34(17-19-35)50-42-26-24-40(54-42)48(32-12-6-2-7-13-32)38-22-20-36(52-38)47(31-10-4-1-5-11-31)37-21-23-39(53-37)49(33-14-8-3-9-15-33)41-25-27-43(50)55-41/h1-27,52,55H,28-30H2,(H,51,57)(H,58,59)(H,60,61). The smallest absolute Gasteiger partial charge is 0.317 e. The van der Waals surface area contributed by atoms with Gasteiger partial charge in [0.05, 0.1) is 42.4 Å². The minimum absolute atomic E-state index is 0.405. The maximum atomic E-state index is 13.0. The predicted molar refractivity (Wildman–Crippen MR) is 241 cm³/mol. The van der Waals surface area contributed by atoms with Gasteiger partial charge < -0.3 is 25.5 Å². The number of H-pyrrole nitrogens is 2. The second-order valence-electron chi connectivity index (χ2n) is 14.7. The Morgan fingerprint density at radius 3 is 1.10 bits per heavy atom. The minimum Gasteiger partial charge on any atom is -0.480 e. The Kier molecular flexibility index (Phi) is 10.4. The van der Waals surface area contributed by atoms with Gasteiger partial charge >= 0.3 is 11.9 Å². The Morgan fingerprint density at radius 1 is 0.443 bits per heavy atom. The van der Waals surface area contributed by atoms with Crippen molar-refractivity contribution < 1.29 is 24.6 Å². The van der Waals surface area contributed by atoms with Gasteiger partial charge in [0, 0.05) is 50.0 Å². The van der Waals surface area contributed by atoms with Crippen LogP contribution in [-0.4, -0.2) is 72.5 Å². The third-order valence-corrected chi connectivity index (χ3v) is 10.5. The van der Waals surface area contributed by atoms with Crippen LogP contribution in [0.2, 0.25) is 0 Å². The number of hydrogen-bond donors (Lipinski definition) is 5. The molecule has 0 radical (unpaired) electrons. The van der Waals surface area contributed by atoms with Gasteiger partial charge in [0.1, 0.15) is 0 Å². The molecular weight excluding hydrogens is 765 g/mol. The molecule has 0 saturated heterocycles. The normalized spacial score (nSPS) is 11.8. The summed E-state index contributed by atoms with van der Waals surface area (Å²) in [5.74, 6) is -3.00. The van der Waals surface area contributed by atoms with Crippen LogP contribution in [0.15, 0.2) is 140 Å². The number of rotatable bonds is 11. The third-order valence-electron chi connectivity index (χ3n) is 10.5. The van der Waals surface area contributed by atoms with Crippen LogP contribution in [0.3, 0.4) is 0 Å². The minimum atomic E-state index is -1.23. The molecule has 4 aromatic carbocycles. The molecule has 5 N–H and O–H groups in total. The zero-order chi connectivity index (χ0) is 41.9. The molecule has 7 aromatic rings. The number of fused-ring (bicyclic) bond motifs is 8. The second kappa shape index (κ2) is 16.6. The van der Waals surface area contributed by atoms with E-state index >= 15 is 0 Å². The third kappa shape index (κ3) is 8.14. The molecule has 0 spiro atoms. The van der Waals surface area contributed by atoms with E-state index in [1.54, 1.807) is 12.1 Å². The highest BCUT2D eigenvalue weighted by molar-refractivity contribution is 6.00. The summed E-state index contributed by atoms with van der Waals surface area (Å²) in [7, 11) is 0.